The quantitative estimate of drug-likeness (QED) is 0.351. The molecule has 1 aliphatic carbocycles. The number of hydrogen-bond donors (Lipinski definition) is 3. The van der Waals surface area contributed by atoms with E-state index in [1.54, 1.807) is 0 Å². The van der Waals surface area contributed by atoms with Gasteiger partial charge in [0.15, 0.2) is 0 Å². The largest absolute Gasteiger partial charge is 0.492 e. The minimum Gasteiger partial charge on any atom is -0.492 e. The van der Waals surface area contributed by atoms with Crippen LogP contribution in [-0.4, -0.2) is 41.3 Å². The summed E-state index contributed by atoms with van der Waals surface area (Å²) < 4.78 is 7.01. The molecule has 1 saturated carbocycles. The third kappa shape index (κ3) is 8.49. The fourth-order valence-electron chi connectivity index (χ4n) is 2.41. The van der Waals surface area contributed by atoms with Gasteiger partial charge in [-0.2, -0.15) is 0 Å². The second-order valence-corrected chi connectivity index (χ2v) is 6.84. The summed E-state index contributed by atoms with van der Waals surface area (Å²) in [7, 11) is 0. The summed E-state index contributed by atoms with van der Waals surface area (Å²) in [5.74, 6) is -2.63. The predicted molar refractivity (Wildman–Crippen MR) is 99.5 cm³/mol. The Kier molecular flexibility index (Phi) is 9.70. The van der Waals surface area contributed by atoms with Crippen LogP contribution < -0.4 is 10.1 Å². The van der Waals surface area contributed by atoms with Crippen LogP contribution in [0.25, 0.3) is 0 Å². The monoisotopic (exact) mass is 449 g/mol. The lowest BCUT2D eigenvalue weighted by molar-refractivity contribution is -0.159. The molecule has 3 N–H and O–H groups in total. The predicted octanol–water partition coefficient (Wildman–Crippen LogP) is 3.06. The Hall–Kier alpha value is -1.35. The van der Waals surface area contributed by atoms with Gasteiger partial charge in [-0.05, 0) is 73.0 Å². The van der Waals surface area contributed by atoms with Gasteiger partial charge in [0.1, 0.15) is 5.75 Å². The molecule has 0 aromatic heterocycles. The lowest BCUT2D eigenvalue weighted by Gasteiger charge is -2.12. The smallest absolute Gasteiger partial charge is 0.414 e. The van der Waals surface area contributed by atoms with Gasteiger partial charge in [-0.15, -0.1) is 0 Å². The second kappa shape index (κ2) is 11.2. The zero-order chi connectivity index (χ0) is 17.9. The molecule has 7 heteroatoms. The summed E-state index contributed by atoms with van der Waals surface area (Å²) in [5, 5.41) is 18.4. The first kappa shape index (κ1) is 20.7. The maximum Gasteiger partial charge on any atom is 0.414 e. The summed E-state index contributed by atoms with van der Waals surface area (Å²) in [6.45, 7) is 3.99. The fourth-order valence-corrected chi connectivity index (χ4v) is 3.24. The number of benzene rings is 1. The van der Waals surface area contributed by atoms with Crippen LogP contribution in [0.4, 0.5) is 0 Å². The lowest BCUT2D eigenvalue weighted by atomic mass is 10.2. The van der Waals surface area contributed by atoms with Gasteiger partial charge in [0.05, 0.1) is 10.2 Å². The minimum atomic E-state index is -1.82. The minimum absolute atomic E-state index is 0.768. The zero-order valence-corrected chi connectivity index (χ0v) is 15.9. The van der Waals surface area contributed by atoms with Crippen molar-refractivity contribution in [1.82, 2.24) is 5.32 Å². The summed E-state index contributed by atoms with van der Waals surface area (Å²) in [6.07, 6.45) is 6.60. The molecule has 0 saturated heterocycles. The van der Waals surface area contributed by atoms with Crippen LogP contribution in [0.2, 0.25) is 0 Å². The van der Waals surface area contributed by atoms with Gasteiger partial charge in [-0.3, -0.25) is 0 Å². The zero-order valence-electron chi connectivity index (χ0n) is 13.8. The molecule has 0 spiro atoms. The number of carboxylic acids is 2. The second-order valence-electron chi connectivity index (χ2n) is 5.68. The molecular weight excluding hydrogens is 425 g/mol. The molecular formula is C17H24INO5. The summed E-state index contributed by atoms with van der Waals surface area (Å²) >= 11 is 2.34. The Balaban J connectivity index is 0.000000413. The van der Waals surface area contributed by atoms with E-state index in [0.29, 0.717) is 0 Å². The molecule has 0 heterocycles. The first-order valence-corrected chi connectivity index (χ1v) is 9.06. The number of halogens is 1. The molecule has 1 aromatic rings. The van der Waals surface area contributed by atoms with Gasteiger partial charge in [0.25, 0.3) is 0 Å². The highest BCUT2D eigenvalue weighted by atomic mass is 127. The van der Waals surface area contributed by atoms with Gasteiger partial charge in [-0.1, -0.05) is 18.9 Å². The van der Waals surface area contributed by atoms with Gasteiger partial charge >= 0.3 is 11.9 Å². The molecule has 0 atom stereocenters. The van der Waals surface area contributed by atoms with Crippen LogP contribution in [0.15, 0.2) is 18.2 Å². The number of aryl methyl sites for hydroxylation is 1. The van der Waals surface area contributed by atoms with Gasteiger partial charge < -0.3 is 20.3 Å². The van der Waals surface area contributed by atoms with Crippen LogP contribution in [0, 0.1) is 10.5 Å². The van der Waals surface area contributed by atoms with Crippen molar-refractivity contribution in [3.05, 3.63) is 27.3 Å². The molecule has 1 aromatic carbocycles. The summed E-state index contributed by atoms with van der Waals surface area (Å²) in [6, 6.07) is 7.10. The molecule has 2 rings (SSSR count). The van der Waals surface area contributed by atoms with Crippen molar-refractivity contribution in [2.24, 2.45) is 0 Å². The molecule has 6 nitrogen and oxygen atoms in total. The van der Waals surface area contributed by atoms with Gasteiger partial charge in [-0.25, -0.2) is 9.59 Å². The molecule has 0 bridgehead atoms. The fraction of sp³-hybridized carbons (Fsp3) is 0.529. The Morgan fingerprint density at radius 2 is 1.88 bits per heavy atom. The molecule has 0 amide bonds. The van der Waals surface area contributed by atoms with Crippen LogP contribution in [-0.2, 0) is 9.59 Å². The van der Waals surface area contributed by atoms with Crippen LogP contribution in [0.3, 0.4) is 0 Å². The Labute approximate surface area is 155 Å². The van der Waals surface area contributed by atoms with Crippen LogP contribution >= 0.6 is 22.6 Å². The van der Waals surface area contributed by atoms with E-state index in [0.717, 1.165) is 31.4 Å². The normalized spacial score (nSPS) is 13.9. The van der Waals surface area contributed by atoms with Gasteiger partial charge in [0.2, 0.25) is 0 Å². The average molecular weight is 449 g/mol. The number of carboxylic acid groups (broad SMARTS) is 2. The molecule has 24 heavy (non-hydrogen) atoms. The number of hydrogen-bond acceptors (Lipinski definition) is 4. The number of aliphatic carboxylic acids is 2. The van der Waals surface area contributed by atoms with Crippen molar-refractivity contribution in [3.63, 3.8) is 0 Å². The molecule has 1 aliphatic rings. The van der Waals surface area contributed by atoms with Crippen molar-refractivity contribution < 1.29 is 24.5 Å². The lowest BCUT2D eigenvalue weighted by Crippen LogP contribution is -2.27. The topological polar surface area (TPSA) is 95.9 Å². The van der Waals surface area contributed by atoms with E-state index in [9.17, 15) is 0 Å². The van der Waals surface area contributed by atoms with Crippen molar-refractivity contribution >= 4 is 34.5 Å². The van der Waals surface area contributed by atoms with E-state index in [-0.39, 0.29) is 0 Å². The Morgan fingerprint density at radius 3 is 2.42 bits per heavy atom. The van der Waals surface area contributed by atoms with E-state index >= 15 is 0 Å². The van der Waals surface area contributed by atoms with Gasteiger partial charge in [0, 0.05) is 6.04 Å². The Bertz CT molecular complexity index is 532. The van der Waals surface area contributed by atoms with E-state index in [1.165, 1.54) is 34.8 Å². The third-order valence-electron chi connectivity index (χ3n) is 3.64. The highest BCUT2D eigenvalue weighted by Crippen LogP contribution is 2.22. The van der Waals surface area contributed by atoms with E-state index in [1.807, 2.05) is 0 Å². The SMILES string of the molecule is Cc1ccc(OCCCNC2CCCC2)c(I)c1.O=C(O)C(=O)O. The molecule has 0 unspecified atom stereocenters. The average Bonchev–Trinajstić information content (AvgIpc) is 3.02. The molecule has 134 valence electrons. The Morgan fingerprint density at radius 1 is 1.25 bits per heavy atom. The summed E-state index contributed by atoms with van der Waals surface area (Å²) in [5.41, 5.74) is 1.29. The van der Waals surface area contributed by atoms with Crippen LogP contribution in [0.5, 0.6) is 5.75 Å². The standard InChI is InChI=1S/C15H22INO.C2H2O4/c1-12-7-8-15(14(16)11-12)18-10-4-9-17-13-5-2-3-6-13;3-1(4)2(5)6/h7-8,11,13,17H,2-6,9-10H2,1H3;(H,3,4)(H,5,6). The number of rotatable bonds is 6. The number of ether oxygens (including phenoxy) is 1. The first-order valence-electron chi connectivity index (χ1n) is 7.98. The maximum absolute atomic E-state index is 9.10. The van der Waals surface area contributed by atoms with Crippen molar-refractivity contribution in [2.75, 3.05) is 13.2 Å². The number of carbonyl (C=O) groups is 2. The van der Waals surface area contributed by atoms with E-state index in [4.69, 9.17) is 24.5 Å². The highest BCUT2D eigenvalue weighted by molar-refractivity contribution is 14.1. The third-order valence-corrected chi connectivity index (χ3v) is 4.48. The molecule has 0 aliphatic heterocycles. The molecule has 0 radical (unpaired) electrons. The maximum atomic E-state index is 9.10. The van der Waals surface area contributed by atoms with E-state index < -0.39 is 11.9 Å². The highest BCUT2D eigenvalue weighted by Gasteiger charge is 2.13. The number of nitrogens with one attached hydrogen (secondary N) is 1. The van der Waals surface area contributed by atoms with Crippen LogP contribution in [0.1, 0.15) is 37.7 Å². The first-order chi connectivity index (χ1) is 11.4. The summed E-state index contributed by atoms with van der Waals surface area (Å²) in [4.78, 5) is 18.2. The van der Waals surface area contributed by atoms with Crippen molar-refractivity contribution in [3.8, 4) is 5.75 Å². The molecule has 1 fully saturated rings. The van der Waals surface area contributed by atoms with Crippen molar-refractivity contribution in [1.29, 1.82) is 0 Å². The van der Waals surface area contributed by atoms with E-state index in [2.05, 4.69) is 53.0 Å². The van der Waals surface area contributed by atoms with Crippen molar-refractivity contribution in [2.45, 2.75) is 45.1 Å².